The average Bonchev–Trinajstić information content (AvgIpc) is 2.73. The molecule has 17 heavy (non-hydrogen) atoms. The van der Waals surface area contributed by atoms with Crippen molar-refractivity contribution in [2.75, 3.05) is 13.7 Å². The van der Waals surface area contributed by atoms with Gasteiger partial charge in [0.2, 0.25) is 0 Å². The lowest BCUT2D eigenvalue weighted by molar-refractivity contribution is 0.187. The standard InChI is InChI=1S/C11H11Br2N3O/c1-17-3-2-16-7-14-15-11(16)8-4-9(12)6-10(13)5-8/h4-7H,2-3H2,1H3. The van der Waals surface area contributed by atoms with Crippen molar-refractivity contribution in [3.05, 3.63) is 33.5 Å². The monoisotopic (exact) mass is 359 g/mol. The summed E-state index contributed by atoms with van der Waals surface area (Å²) < 4.78 is 9.03. The molecule has 0 aliphatic heterocycles. The highest BCUT2D eigenvalue weighted by molar-refractivity contribution is 9.11. The first-order chi connectivity index (χ1) is 8.20. The van der Waals surface area contributed by atoms with Gasteiger partial charge in [-0.25, -0.2) is 0 Å². The van der Waals surface area contributed by atoms with Gasteiger partial charge in [-0.15, -0.1) is 10.2 Å². The van der Waals surface area contributed by atoms with Crippen LogP contribution in [0.25, 0.3) is 11.4 Å². The SMILES string of the molecule is COCCn1cnnc1-c1cc(Br)cc(Br)c1. The summed E-state index contributed by atoms with van der Waals surface area (Å²) >= 11 is 6.93. The van der Waals surface area contributed by atoms with Crippen LogP contribution in [-0.4, -0.2) is 28.5 Å². The Morgan fingerprint density at radius 1 is 1.24 bits per heavy atom. The van der Waals surface area contributed by atoms with E-state index in [0.717, 1.165) is 26.9 Å². The second kappa shape index (κ2) is 5.75. The van der Waals surface area contributed by atoms with Gasteiger partial charge in [0.05, 0.1) is 6.61 Å². The first-order valence-corrected chi connectivity index (χ1v) is 6.62. The quantitative estimate of drug-likeness (QED) is 0.840. The number of benzene rings is 1. The van der Waals surface area contributed by atoms with Gasteiger partial charge in [0.25, 0.3) is 0 Å². The van der Waals surface area contributed by atoms with E-state index in [1.54, 1.807) is 13.4 Å². The second-order valence-corrected chi connectivity index (χ2v) is 5.33. The number of ether oxygens (including phenoxy) is 1. The van der Waals surface area contributed by atoms with Crippen LogP contribution < -0.4 is 0 Å². The van der Waals surface area contributed by atoms with Gasteiger partial charge in [0, 0.05) is 28.2 Å². The second-order valence-electron chi connectivity index (χ2n) is 3.50. The summed E-state index contributed by atoms with van der Waals surface area (Å²) in [6.07, 6.45) is 1.71. The van der Waals surface area contributed by atoms with Gasteiger partial charge >= 0.3 is 0 Å². The van der Waals surface area contributed by atoms with Crippen molar-refractivity contribution in [2.45, 2.75) is 6.54 Å². The Bertz CT molecular complexity index is 493. The predicted molar refractivity (Wildman–Crippen MR) is 72.7 cm³/mol. The van der Waals surface area contributed by atoms with Gasteiger partial charge in [-0.3, -0.25) is 0 Å². The summed E-state index contributed by atoms with van der Waals surface area (Å²) in [7, 11) is 1.68. The minimum atomic E-state index is 0.639. The molecule has 1 aromatic carbocycles. The van der Waals surface area contributed by atoms with Gasteiger partial charge in [0.15, 0.2) is 5.82 Å². The Balaban J connectivity index is 2.35. The topological polar surface area (TPSA) is 39.9 Å². The van der Waals surface area contributed by atoms with Crippen LogP contribution in [0.1, 0.15) is 0 Å². The molecular formula is C11H11Br2N3O. The Labute approximate surface area is 116 Å². The fourth-order valence-electron chi connectivity index (χ4n) is 1.51. The third-order valence-corrected chi connectivity index (χ3v) is 3.19. The van der Waals surface area contributed by atoms with Gasteiger partial charge in [-0.05, 0) is 18.2 Å². The Kier molecular flexibility index (Phi) is 4.31. The molecule has 0 unspecified atom stereocenters. The number of halogens is 2. The molecule has 2 aromatic rings. The third kappa shape index (κ3) is 3.14. The van der Waals surface area contributed by atoms with Crippen LogP contribution in [-0.2, 0) is 11.3 Å². The van der Waals surface area contributed by atoms with Crippen molar-refractivity contribution in [1.82, 2.24) is 14.8 Å². The Morgan fingerprint density at radius 2 is 1.94 bits per heavy atom. The summed E-state index contributed by atoms with van der Waals surface area (Å²) in [5.74, 6) is 0.837. The molecule has 0 spiro atoms. The van der Waals surface area contributed by atoms with E-state index >= 15 is 0 Å². The number of nitrogens with zero attached hydrogens (tertiary/aromatic N) is 3. The van der Waals surface area contributed by atoms with E-state index in [9.17, 15) is 0 Å². The smallest absolute Gasteiger partial charge is 0.163 e. The maximum Gasteiger partial charge on any atom is 0.163 e. The third-order valence-electron chi connectivity index (χ3n) is 2.27. The fraction of sp³-hybridized carbons (Fsp3) is 0.273. The van der Waals surface area contributed by atoms with Crippen molar-refractivity contribution in [3.8, 4) is 11.4 Å². The van der Waals surface area contributed by atoms with Crippen LogP contribution >= 0.6 is 31.9 Å². The largest absolute Gasteiger partial charge is 0.383 e. The van der Waals surface area contributed by atoms with Gasteiger partial charge in [-0.1, -0.05) is 31.9 Å². The maximum absolute atomic E-state index is 5.06. The average molecular weight is 361 g/mol. The number of methoxy groups -OCH3 is 1. The zero-order valence-corrected chi connectivity index (χ0v) is 12.4. The van der Waals surface area contributed by atoms with Crippen LogP contribution in [0.4, 0.5) is 0 Å². The molecule has 0 bridgehead atoms. The highest BCUT2D eigenvalue weighted by Crippen LogP contribution is 2.26. The maximum atomic E-state index is 5.06. The molecule has 0 fully saturated rings. The van der Waals surface area contributed by atoms with Gasteiger partial charge < -0.3 is 9.30 Å². The predicted octanol–water partition coefficient (Wildman–Crippen LogP) is 3.12. The van der Waals surface area contributed by atoms with E-state index in [2.05, 4.69) is 42.1 Å². The van der Waals surface area contributed by atoms with Crippen LogP contribution in [0.2, 0.25) is 0 Å². The zero-order valence-electron chi connectivity index (χ0n) is 9.23. The summed E-state index contributed by atoms with van der Waals surface area (Å²) in [4.78, 5) is 0. The highest BCUT2D eigenvalue weighted by atomic mass is 79.9. The first kappa shape index (κ1) is 12.7. The van der Waals surface area contributed by atoms with Crippen LogP contribution in [0.5, 0.6) is 0 Å². The lowest BCUT2D eigenvalue weighted by atomic mass is 10.2. The van der Waals surface area contributed by atoms with E-state index in [1.165, 1.54) is 0 Å². The molecule has 0 aliphatic carbocycles. The molecule has 1 heterocycles. The summed E-state index contributed by atoms with van der Waals surface area (Å²) in [6, 6.07) is 6.01. The lowest BCUT2D eigenvalue weighted by Gasteiger charge is -2.06. The molecule has 1 aromatic heterocycles. The Hall–Kier alpha value is -0.720. The number of hydrogen-bond donors (Lipinski definition) is 0. The van der Waals surface area contributed by atoms with E-state index in [0.29, 0.717) is 6.61 Å². The molecule has 0 atom stereocenters. The van der Waals surface area contributed by atoms with E-state index in [1.807, 2.05) is 22.8 Å². The zero-order chi connectivity index (χ0) is 12.3. The van der Waals surface area contributed by atoms with E-state index < -0.39 is 0 Å². The summed E-state index contributed by atoms with van der Waals surface area (Å²) in [5, 5.41) is 8.07. The van der Waals surface area contributed by atoms with Crippen molar-refractivity contribution >= 4 is 31.9 Å². The molecule has 2 rings (SSSR count). The molecular weight excluding hydrogens is 350 g/mol. The van der Waals surface area contributed by atoms with E-state index in [4.69, 9.17) is 4.74 Å². The minimum absolute atomic E-state index is 0.639. The minimum Gasteiger partial charge on any atom is -0.383 e. The molecule has 0 saturated carbocycles. The normalized spacial score (nSPS) is 10.8. The molecule has 0 amide bonds. The lowest BCUT2D eigenvalue weighted by Crippen LogP contribution is -2.04. The number of hydrogen-bond acceptors (Lipinski definition) is 3. The van der Waals surface area contributed by atoms with E-state index in [-0.39, 0.29) is 0 Å². The molecule has 4 nitrogen and oxygen atoms in total. The van der Waals surface area contributed by atoms with Gasteiger partial charge in [0.1, 0.15) is 6.33 Å². The van der Waals surface area contributed by atoms with Crippen LogP contribution in [0, 0.1) is 0 Å². The summed E-state index contributed by atoms with van der Waals surface area (Å²) in [5.41, 5.74) is 1.01. The highest BCUT2D eigenvalue weighted by Gasteiger charge is 2.08. The van der Waals surface area contributed by atoms with Crippen LogP contribution in [0.3, 0.4) is 0 Å². The van der Waals surface area contributed by atoms with Gasteiger partial charge in [-0.2, -0.15) is 0 Å². The molecule has 6 heteroatoms. The Morgan fingerprint density at radius 3 is 2.59 bits per heavy atom. The fourth-order valence-corrected chi connectivity index (χ4v) is 2.81. The molecule has 90 valence electrons. The first-order valence-electron chi connectivity index (χ1n) is 5.04. The van der Waals surface area contributed by atoms with Crippen molar-refractivity contribution < 1.29 is 4.74 Å². The number of rotatable bonds is 4. The van der Waals surface area contributed by atoms with Crippen LogP contribution in [0.15, 0.2) is 33.5 Å². The molecule has 0 saturated heterocycles. The summed E-state index contributed by atoms with van der Waals surface area (Å²) in [6.45, 7) is 1.38. The van der Waals surface area contributed by atoms with Crippen molar-refractivity contribution in [2.24, 2.45) is 0 Å². The number of aromatic nitrogens is 3. The van der Waals surface area contributed by atoms with Crippen molar-refractivity contribution in [3.63, 3.8) is 0 Å². The molecule has 0 radical (unpaired) electrons. The molecule has 0 aliphatic rings. The molecule has 0 N–H and O–H groups in total. The van der Waals surface area contributed by atoms with Crippen molar-refractivity contribution in [1.29, 1.82) is 0 Å².